The molecule has 0 spiro atoms. The van der Waals surface area contributed by atoms with Crippen LogP contribution in [0.1, 0.15) is 34.6 Å². The van der Waals surface area contributed by atoms with Gasteiger partial charge in [0.05, 0.1) is 20.8 Å². The molecule has 1 fully saturated rings. The second-order valence-corrected chi connectivity index (χ2v) is 7.90. The lowest BCUT2D eigenvalue weighted by Crippen LogP contribution is -2.60. The van der Waals surface area contributed by atoms with Crippen LogP contribution in [-0.2, 0) is 4.74 Å². The van der Waals surface area contributed by atoms with Crippen LogP contribution in [-0.4, -0.2) is 83.5 Å². The average molecular weight is 492 g/mol. The maximum absolute atomic E-state index is 12.1. The van der Waals surface area contributed by atoms with E-state index in [0.717, 1.165) is 0 Å². The van der Waals surface area contributed by atoms with Crippen molar-refractivity contribution in [3.8, 4) is 28.7 Å². The number of Topliss-reactive ketones (excluding diaryl/α,β-unsaturated/α-hetero) is 2. The van der Waals surface area contributed by atoms with Gasteiger partial charge in [0.25, 0.3) is 0 Å². The van der Waals surface area contributed by atoms with Crippen LogP contribution in [0.2, 0.25) is 0 Å². The van der Waals surface area contributed by atoms with Gasteiger partial charge in [-0.3, -0.25) is 9.59 Å². The zero-order chi connectivity index (χ0) is 25.9. The van der Waals surface area contributed by atoms with Crippen LogP contribution in [0.5, 0.6) is 28.7 Å². The molecule has 0 aliphatic carbocycles. The van der Waals surface area contributed by atoms with E-state index >= 15 is 0 Å². The lowest BCUT2D eigenvalue weighted by Gasteiger charge is -2.39. The molecule has 190 valence electrons. The van der Waals surface area contributed by atoms with Gasteiger partial charge in [-0.25, -0.2) is 0 Å². The van der Waals surface area contributed by atoms with Crippen LogP contribution in [0.25, 0.3) is 0 Å². The smallest absolute Gasteiger partial charge is 0.229 e. The Morgan fingerprint density at radius 1 is 0.829 bits per heavy atom. The molecule has 4 N–H and O–H groups in total. The molecule has 11 nitrogen and oxygen atoms in total. The molecule has 0 amide bonds. The van der Waals surface area contributed by atoms with Crippen molar-refractivity contribution >= 4 is 11.6 Å². The van der Waals surface area contributed by atoms with Crippen LogP contribution in [0.3, 0.4) is 0 Å². The Balaban J connectivity index is 2.07. The minimum absolute atomic E-state index is 0.0274. The molecular weight excluding hydrogens is 464 g/mol. The quantitative estimate of drug-likeness (QED) is 0.371. The standard InChI is InChI=1S/C24H28O11/c1-11(26)13-5-6-15(16(7-13)31-3)33-18-9-14(12(2)27)8-17(32-4)23(18)35-24-22(30)21(29)20(28)19(10-25)34-24/h5-9,19-22,24-25,28-30H,10H2,1-4H3/t19-,20-,21+,22-,24+/m1/s1. The van der Waals surface area contributed by atoms with Gasteiger partial charge in [0, 0.05) is 11.1 Å². The summed E-state index contributed by atoms with van der Waals surface area (Å²) < 4.78 is 27.9. The number of hydrogen-bond acceptors (Lipinski definition) is 11. The van der Waals surface area contributed by atoms with E-state index in [0.29, 0.717) is 5.56 Å². The fourth-order valence-corrected chi connectivity index (χ4v) is 3.49. The van der Waals surface area contributed by atoms with E-state index in [1.165, 1.54) is 58.4 Å². The van der Waals surface area contributed by atoms with Crippen molar-refractivity contribution in [3.63, 3.8) is 0 Å². The Labute approximate surface area is 201 Å². The Bertz CT molecular complexity index is 1080. The van der Waals surface area contributed by atoms with Crippen LogP contribution in [0.4, 0.5) is 0 Å². The zero-order valence-corrected chi connectivity index (χ0v) is 19.6. The third-order valence-corrected chi connectivity index (χ3v) is 5.52. The maximum Gasteiger partial charge on any atom is 0.229 e. The van der Waals surface area contributed by atoms with Gasteiger partial charge in [0.15, 0.2) is 34.6 Å². The number of rotatable bonds is 9. The van der Waals surface area contributed by atoms with Crippen molar-refractivity contribution < 1.29 is 53.7 Å². The first-order valence-corrected chi connectivity index (χ1v) is 10.7. The molecule has 0 unspecified atom stereocenters. The molecule has 35 heavy (non-hydrogen) atoms. The minimum Gasteiger partial charge on any atom is -0.493 e. The van der Waals surface area contributed by atoms with Gasteiger partial charge in [0.2, 0.25) is 12.0 Å². The second kappa shape index (κ2) is 11.0. The van der Waals surface area contributed by atoms with Gasteiger partial charge in [-0.05, 0) is 44.2 Å². The lowest BCUT2D eigenvalue weighted by molar-refractivity contribution is -0.277. The number of ether oxygens (including phenoxy) is 5. The highest BCUT2D eigenvalue weighted by Gasteiger charge is 2.45. The van der Waals surface area contributed by atoms with Crippen molar-refractivity contribution in [1.82, 2.24) is 0 Å². The summed E-state index contributed by atoms with van der Waals surface area (Å²) in [5.74, 6) is -0.153. The largest absolute Gasteiger partial charge is 0.493 e. The topological polar surface area (TPSA) is 161 Å². The van der Waals surface area contributed by atoms with Crippen molar-refractivity contribution in [1.29, 1.82) is 0 Å². The first kappa shape index (κ1) is 26.4. The van der Waals surface area contributed by atoms with Crippen molar-refractivity contribution in [2.45, 2.75) is 44.6 Å². The van der Waals surface area contributed by atoms with Crippen LogP contribution < -0.4 is 18.9 Å². The third-order valence-electron chi connectivity index (χ3n) is 5.52. The first-order valence-electron chi connectivity index (χ1n) is 10.7. The highest BCUT2D eigenvalue weighted by atomic mass is 16.7. The molecule has 1 aliphatic heterocycles. The monoisotopic (exact) mass is 492 g/mol. The first-order chi connectivity index (χ1) is 16.6. The Kier molecular flexibility index (Phi) is 8.30. The maximum atomic E-state index is 12.1. The van der Waals surface area contributed by atoms with Gasteiger partial charge in [-0.2, -0.15) is 0 Å². The summed E-state index contributed by atoms with van der Waals surface area (Å²) in [6.07, 6.45) is -7.67. The second-order valence-electron chi connectivity index (χ2n) is 7.90. The number of carbonyl (C=O) groups is 2. The number of aliphatic hydroxyl groups excluding tert-OH is 4. The number of benzene rings is 2. The number of methoxy groups -OCH3 is 2. The van der Waals surface area contributed by atoms with Crippen molar-refractivity contribution in [3.05, 3.63) is 41.5 Å². The number of hydrogen-bond donors (Lipinski definition) is 4. The van der Waals surface area contributed by atoms with Gasteiger partial charge >= 0.3 is 0 Å². The summed E-state index contributed by atoms with van der Waals surface area (Å²) in [5.41, 5.74) is 0.611. The Hall–Kier alpha value is -3.22. The molecule has 0 saturated carbocycles. The molecular formula is C24H28O11. The predicted octanol–water partition coefficient (Wildman–Crippen LogP) is 1.08. The fraction of sp³-hybridized carbons (Fsp3) is 0.417. The van der Waals surface area contributed by atoms with Gasteiger partial charge in [-0.1, -0.05) is 0 Å². The van der Waals surface area contributed by atoms with E-state index in [1.54, 1.807) is 0 Å². The molecule has 1 aliphatic rings. The number of aliphatic hydroxyl groups is 4. The van der Waals surface area contributed by atoms with Gasteiger partial charge < -0.3 is 44.1 Å². The molecule has 2 aromatic rings. The van der Waals surface area contributed by atoms with E-state index in [2.05, 4.69) is 0 Å². The molecule has 1 heterocycles. The van der Waals surface area contributed by atoms with Crippen LogP contribution in [0.15, 0.2) is 30.3 Å². The SMILES string of the molecule is COc1cc(C(C)=O)ccc1Oc1cc(C(C)=O)cc(OC)c1O[C@@H]1O[C@H](CO)[C@@H](O)[C@H](O)[C@H]1O. The normalized spacial score (nSPS) is 23.9. The fourth-order valence-electron chi connectivity index (χ4n) is 3.49. The summed E-state index contributed by atoms with van der Waals surface area (Å²) in [5, 5.41) is 40.0. The third kappa shape index (κ3) is 5.55. The summed E-state index contributed by atoms with van der Waals surface area (Å²) in [4.78, 5) is 23.8. The Morgan fingerprint density at radius 2 is 1.43 bits per heavy atom. The highest BCUT2D eigenvalue weighted by Crippen LogP contribution is 2.44. The van der Waals surface area contributed by atoms with Gasteiger partial charge in [0.1, 0.15) is 24.4 Å². The average Bonchev–Trinajstić information content (AvgIpc) is 2.84. The minimum atomic E-state index is -1.69. The van der Waals surface area contributed by atoms with E-state index in [1.807, 2.05) is 0 Å². The molecule has 0 bridgehead atoms. The van der Waals surface area contributed by atoms with E-state index in [-0.39, 0.29) is 45.9 Å². The van der Waals surface area contributed by atoms with Crippen LogP contribution >= 0.6 is 0 Å². The van der Waals surface area contributed by atoms with E-state index < -0.39 is 37.3 Å². The summed E-state index contributed by atoms with van der Waals surface area (Å²) in [6, 6.07) is 7.29. The lowest BCUT2D eigenvalue weighted by atomic mass is 9.99. The molecule has 5 atom stereocenters. The molecule has 11 heteroatoms. The summed E-state index contributed by atoms with van der Waals surface area (Å²) in [7, 11) is 2.72. The highest BCUT2D eigenvalue weighted by molar-refractivity contribution is 5.96. The Morgan fingerprint density at radius 3 is 2.00 bits per heavy atom. The molecule has 1 saturated heterocycles. The van der Waals surface area contributed by atoms with E-state index in [9.17, 15) is 30.0 Å². The predicted molar refractivity (Wildman–Crippen MR) is 120 cm³/mol. The number of ketones is 2. The van der Waals surface area contributed by atoms with E-state index in [4.69, 9.17) is 23.7 Å². The molecule has 0 aromatic heterocycles. The number of carbonyl (C=O) groups excluding carboxylic acids is 2. The molecule has 0 radical (unpaired) electrons. The van der Waals surface area contributed by atoms with Crippen LogP contribution in [0, 0.1) is 0 Å². The van der Waals surface area contributed by atoms with Crippen molar-refractivity contribution in [2.24, 2.45) is 0 Å². The van der Waals surface area contributed by atoms with Crippen molar-refractivity contribution in [2.75, 3.05) is 20.8 Å². The van der Waals surface area contributed by atoms with Gasteiger partial charge in [-0.15, -0.1) is 0 Å². The molecule has 2 aromatic carbocycles. The zero-order valence-electron chi connectivity index (χ0n) is 19.6. The summed E-state index contributed by atoms with van der Waals surface area (Å²) in [6.45, 7) is 2.11. The summed E-state index contributed by atoms with van der Waals surface area (Å²) >= 11 is 0. The molecule has 3 rings (SSSR count).